The van der Waals surface area contributed by atoms with Crippen LogP contribution in [0.15, 0.2) is 42.5 Å². The smallest absolute Gasteiger partial charge is 0.125 e. The van der Waals surface area contributed by atoms with E-state index in [0.29, 0.717) is 12.6 Å². The summed E-state index contributed by atoms with van der Waals surface area (Å²) >= 11 is 0. The molecule has 3 nitrogen and oxygen atoms in total. The predicted octanol–water partition coefficient (Wildman–Crippen LogP) is 4.69. The van der Waals surface area contributed by atoms with Crippen molar-refractivity contribution in [2.24, 2.45) is 0 Å². The molecule has 0 radical (unpaired) electrons. The maximum Gasteiger partial charge on any atom is 0.125 e. The third-order valence-corrected chi connectivity index (χ3v) is 4.89. The number of benzene rings is 2. The Balaban J connectivity index is 0.00000169. The molecule has 1 fully saturated rings. The summed E-state index contributed by atoms with van der Waals surface area (Å²) in [5.41, 5.74) is 5.04. The van der Waals surface area contributed by atoms with Gasteiger partial charge in [0.25, 0.3) is 0 Å². The molecule has 1 atom stereocenters. The lowest BCUT2D eigenvalue weighted by atomic mass is 9.99. The van der Waals surface area contributed by atoms with Crippen LogP contribution in [0.25, 0.3) is 0 Å². The molecule has 144 valence electrons. The van der Waals surface area contributed by atoms with Crippen molar-refractivity contribution in [1.29, 1.82) is 0 Å². The highest BCUT2D eigenvalue weighted by molar-refractivity contribution is 5.85. The highest BCUT2D eigenvalue weighted by Crippen LogP contribution is 2.30. The fraction of sp³-hybridized carbons (Fsp3) is 0.429. The number of ether oxygens (including phenoxy) is 1. The quantitative estimate of drug-likeness (QED) is 0.792. The minimum atomic E-state index is 0. The van der Waals surface area contributed by atoms with Gasteiger partial charge in [-0.15, -0.1) is 24.8 Å². The van der Waals surface area contributed by atoms with Crippen molar-refractivity contribution >= 4 is 24.8 Å². The lowest BCUT2D eigenvalue weighted by Gasteiger charge is -2.33. The predicted molar refractivity (Wildman–Crippen MR) is 114 cm³/mol. The maximum absolute atomic E-state index is 6.11. The van der Waals surface area contributed by atoms with Crippen LogP contribution in [0.5, 0.6) is 5.75 Å². The average molecular weight is 397 g/mol. The Labute approximate surface area is 169 Å². The Morgan fingerprint density at radius 2 is 1.58 bits per heavy atom. The molecule has 3 rings (SSSR count). The monoisotopic (exact) mass is 396 g/mol. The molecule has 1 heterocycles. The third kappa shape index (κ3) is 5.62. The molecule has 0 unspecified atom stereocenters. The third-order valence-electron chi connectivity index (χ3n) is 4.89. The first-order chi connectivity index (χ1) is 11.6. The zero-order valence-electron chi connectivity index (χ0n) is 15.8. The number of nitrogens with one attached hydrogen (secondary N) is 1. The van der Waals surface area contributed by atoms with E-state index in [1.807, 2.05) is 6.07 Å². The SMILES string of the molecule is Cc1cc([C@H](C)N2CCNCC2)cc(C)c1OCc1ccccc1.Cl.Cl. The second kappa shape index (κ2) is 10.8. The van der Waals surface area contributed by atoms with E-state index >= 15 is 0 Å². The number of halogens is 2. The van der Waals surface area contributed by atoms with Crippen LogP contribution in [-0.4, -0.2) is 31.1 Å². The Morgan fingerprint density at radius 1 is 1.00 bits per heavy atom. The van der Waals surface area contributed by atoms with Crippen LogP contribution >= 0.6 is 24.8 Å². The van der Waals surface area contributed by atoms with Gasteiger partial charge in [-0.3, -0.25) is 4.90 Å². The molecule has 1 saturated heterocycles. The average Bonchev–Trinajstić information content (AvgIpc) is 2.62. The first-order valence-corrected chi connectivity index (χ1v) is 8.88. The van der Waals surface area contributed by atoms with Gasteiger partial charge in [-0.25, -0.2) is 0 Å². The number of nitrogens with zero attached hydrogens (tertiary/aromatic N) is 1. The molecule has 1 aliphatic heterocycles. The Bertz CT molecular complexity index is 650. The molecule has 0 saturated carbocycles. The van der Waals surface area contributed by atoms with Crippen molar-refractivity contribution in [3.8, 4) is 5.75 Å². The highest BCUT2D eigenvalue weighted by atomic mass is 35.5. The second-order valence-corrected chi connectivity index (χ2v) is 6.72. The van der Waals surface area contributed by atoms with Crippen LogP contribution in [0.2, 0.25) is 0 Å². The van der Waals surface area contributed by atoms with Gasteiger partial charge in [-0.2, -0.15) is 0 Å². The van der Waals surface area contributed by atoms with Crippen molar-refractivity contribution in [2.75, 3.05) is 26.2 Å². The van der Waals surface area contributed by atoms with E-state index in [4.69, 9.17) is 4.74 Å². The molecule has 0 amide bonds. The molecule has 0 aliphatic carbocycles. The Kier molecular flexibility index (Phi) is 9.45. The lowest BCUT2D eigenvalue weighted by molar-refractivity contribution is 0.185. The van der Waals surface area contributed by atoms with Crippen molar-refractivity contribution in [3.63, 3.8) is 0 Å². The van der Waals surface area contributed by atoms with Gasteiger partial charge >= 0.3 is 0 Å². The molecule has 0 bridgehead atoms. The highest BCUT2D eigenvalue weighted by Gasteiger charge is 2.19. The summed E-state index contributed by atoms with van der Waals surface area (Å²) in [5, 5.41) is 3.42. The van der Waals surface area contributed by atoms with Gasteiger partial charge < -0.3 is 10.1 Å². The summed E-state index contributed by atoms with van der Waals surface area (Å²) in [5.74, 6) is 1.02. The van der Waals surface area contributed by atoms with Crippen molar-refractivity contribution in [1.82, 2.24) is 10.2 Å². The first-order valence-electron chi connectivity index (χ1n) is 8.88. The Morgan fingerprint density at radius 3 is 2.15 bits per heavy atom. The molecule has 1 aliphatic rings. The van der Waals surface area contributed by atoms with E-state index in [2.05, 4.69) is 67.4 Å². The van der Waals surface area contributed by atoms with Gasteiger partial charge in [0.1, 0.15) is 12.4 Å². The molecular formula is C21H30Cl2N2O. The molecule has 1 N–H and O–H groups in total. The zero-order valence-corrected chi connectivity index (χ0v) is 17.5. The molecule has 0 aromatic heterocycles. The maximum atomic E-state index is 6.11. The van der Waals surface area contributed by atoms with Crippen LogP contribution in [0.3, 0.4) is 0 Å². The van der Waals surface area contributed by atoms with Crippen LogP contribution in [0.1, 0.15) is 35.2 Å². The van der Waals surface area contributed by atoms with Gasteiger partial charge in [0.15, 0.2) is 0 Å². The van der Waals surface area contributed by atoms with Crippen molar-refractivity contribution < 1.29 is 4.74 Å². The summed E-state index contributed by atoms with van der Waals surface area (Å²) in [4.78, 5) is 2.55. The van der Waals surface area contributed by atoms with Gasteiger partial charge in [0.2, 0.25) is 0 Å². The fourth-order valence-corrected chi connectivity index (χ4v) is 3.46. The van der Waals surface area contributed by atoms with E-state index in [1.54, 1.807) is 0 Å². The summed E-state index contributed by atoms with van der Waals surface area (Å²) in [6.07, 6.45) is 0. The molecule has 5 heteroatoms. The van der Waals surface area contributed by atoms with E-state index in [9.17, 15) is 0 Å². The summed E-state index contributed by atoms with van der Waals surface area (Å²) in [6.45, 7) is 11.6. The molecule has 26 heavy (non-hydrogen) atoms. The fourth-order valence-electron chi connectivity index (χ4n) is 3.46. The first kappa shape index (κ1) is 22.8. The Hall–Kier alpha value is -1.26. The normalized spacial score (nSPS) is 15.5. The van der Waals surface area contributed by atoms with Gasteiger partial charge in [-0.05, 0) is 43.0 Å². The van der Waals surface area contributed by atoms with Crippen LogP contribution < -0.4 is 10.1 Å². The number of piperazine rings is 1. The summed E-state index contributed by atoms with van der Waals surface area (Å²) in [6, 6.07) is 15.4. The topological polar surface area (TPSA) is 24.5 Å². The molecule has 0 spiro atoms. The largest absolute Gasteiger partial charge is 0.488 e. The second-order valence-electron chi connectivity index (χ2n) is 6.72. The molecule has 2 aromatic rings. The van der Waals surface area contributed by atoms with E-state index in [0.717, 1.165) is 31.9 Å². The number of aryl methyl sites for hydroxylation is 2. The van der Waals surface area contributed by atoms with E-state index in [1.165, 1.54) is 22.3 Å². The van der Waals surface area contributed by atoms with Gasteiger partial charge in [0, 0.05) is 32.2 Å². The molecular weight excluding hydrogens is 367 g/mol. The van der Waals surface area contributed by atoms with Crippen LogP contribution in [-0.2, 0) is 6.61 Å². The zero-order chi connectivity index (χ0) is 16.9. The van der Waals surface area contributed by atoms with Crippen molar-refractivity contribution in [2.45, 2.75) is 33.4 Å². The van der Waals surface area contributed by atoms with Crippen molar-refractivity contribution in [3.05, 3.63) is 64.7 Å². The number of hydrogen-bond donors (Lipinski definition) is 1. The molecule has 2 aromatic carbocycles. The van der Waals surface area contributed by atoms with E-state index in [-0.39, 0.29) is 24.8 Å². The minimum absolute atomic E-state index is 0. The van der Waals surface area contributed by atoms with Gasteiger partial charge in [0.05, 0.1) is 0 Å². The summed E-state index contributed by atoms with van der Waals surface area (Å²) < 4.78 is 6.11. The van der Waals surface area contributed by atoms with Crippen LogP contribution in [0, 0.1) is 13.8 Å². The van der Waals surface area contributed by atoms with E-state index < -0.39 is 0 Å². The summed E-state index contributed by atoms with van der Waals surface area (Å²) in [7, 11) is 0. The standard InChI is InChI=1S/C21H28N2O.2ClH/c1-16-13-20(18(3)23-11-9-22-10-12-23)14-17(2)21(16)24-15-19-7-5-4-6-8-19;;/h4-8,13-14,18,22H,9-12,15H2,1-3H3;2*1H/t18-;;/m0../s1. The lowest BCUT2D eigenvalue weighted by Crippen LogP contribution is -2.44. The number of hydrogen-bond acceptors (Lipinski definition) is 3. The van der Waals surface area contributed by atoms with Crippen LogP contribution in [0.4, 0.5) is 0 Å². The number of rotatable bonds is 5. The minimum Gasteiger partial charge on any atom is -0.488 e. The van der Waals surface area contributed by atoms with Gasteiger partial charge in [-0.1, -0.05) is 42.5 Å².